The van der Waals surface area contributed by atoms with E-state index in [4.69, 9.17) is 9.72 Å². The summed E-state index contributed by atoms with van der Waals surface area (Å²) >= 11 is 0. The summed E-state index contributed by atoms with van der Waals surface area (Å²) in [6.45, 7) is 7.59. The topological polar surface area (TPSA) is 81.2 Å². The molecule has 2 aromatic rings. The van der Waals surface area contributed by atoms with Crippen molar-refractivity contribution in [2.75, 3.05) is 61.1 Å². The van der Waals surface area contributed by atoms with E-state index in [0.29, 0.717) is 38.4 Å². The van der Waals surface area contributed by atoms with Crippen molar-refractivity contribution in [3.63, 3.8) is 0 Å². The Kier molecular flexibility index (Phi) is 7.41. The Morgan fingerprint density at radius 3 is 2.55 bits per heavy atom. The molecule has 38 heavy (non-hydrogen) atoms. The van der Waals surface area contributed by atoms with Gasteiger partial charge in [0.15, 0.2) is 0 Å². The monoisotopic (exact) mass is 533 g/mol. The Hall–Kier alpha value is -3.05. The maximum atomic E-state index is 12.9. The summed E-state index contributed by atoms with van der Waals surface area (Å²) in [4.78, 5) is 23.5. The third-order valence-corrected chi connectivity index (χ3v) is 7.75. The van der Waals surface area contributed by atoms with E-state index in [0.717, 1.165) is 41.4 Å². The van der Waals surface area contributed by atoms with Gasteiger partial charge in [0.25, 0.3) is 0 Å². The zero-order valence-electron chi connectivity index (χ0n) is 21.7. The van der Waals surface area contributed by atoms with Crippen molar-refractivity contribution < 1.29 is 27.8 Å². The number of aliphatic hydroxyl groups is 1. The van der Waals surface area contributed by atoms with Gasteiger partial charge in [0.1, 0.15) is 11.6 Å². The van der Waals surface area contributed by atoms with Gasteiger partial charge in [0, 0.05) is 44.8 Å². The lowest BCUT2D eigenvalue weighted by atomic mass is 9.98. The molecule has 5 rings (SSSR count). The van der Waals surface area contributed by atoms with Crippen LogP contribution in [0.15, 0.2) is 30.3 Å². The first-order chi connectivity index (χ1) is 18.1. The summed E-state index contributed by atoms with van der Waals surface area (Å²) in [5.74, 6) is 1.05. The van der Waals surface area contributed by atoms with Crippen LogP contribution in [-0.2, 0) is 4.74 Å². The van der Waals surface area contributed by atoms with Gasteiger partial charge in [-0.25, -0.2) is 9.78 Å². The molecule has 3 saturated heterocycles. The predicted octanol–water partition coefficient (Wildman–Crippen LogP) is 4.27. The summed E-state index contributed by atoms with van der Waals surface area (Å²) in [5.41, 5.74) is 3.45. The maximum absolute atomic E-state index is 12.9. The van der Waals surface area contributed by atoms with Crippen LogP contribution in [0, 0.1) is 12.8 Å². The van der Waals surface area contributed by atoms with Crippen molar-refractivity contribution in [3.05, 3.63) is 35.9 Å². The highest BCUT2D eigenvalue weighted by molar-refractivity contribution is 5.91. The SMILES string of the molecule is Cc1ccc(NC(=O)N2CCC(CC(F)(F)F)C2)cc1-c1cc(N2CCOCC2)nc(N2CC(O)C2C)c1. The molecular formula is C27H34F3N5O3. The third-order valence-electron chi connectivity index (χ3n) is 7.75. The van der Waals surface area contributed by atoms with Crippen LogP contribution in [0.2, 0.25) is 0 Å². The van der Waals surface area contributed by atoms with Gasteiger partial charge in [-0.3, -0.25) is 0 Å². The first kappa shape index (κ1) is 26.6. The molecule has 8 nitrogen and oxygen atoms in total. The molecule has 0 radical (unpaired) electrons. The fourth-order valence-corrected chi connectivity index (χ4v) is 5.38. The Balaban J connectivity index is 1.38. The quantitative estimate of drug-likeness (QED) is 0.598. The number of amides is 2. The lowest BCUT2D eigenvalue weighted by molar-refractivity contribution is -0.143. The number of β-amino-alcohol motifs (C(OH)–C–C–N with tert-alkyl or cyclic N) is 1. The standard InChI is InChI=1S/C27H34F3N5O3/c1-17-3-4-21(31-26(37)34-6-5-19(15-34)14-27(28,29)30)13-22(17)20-11-24(33-7-9-38-10-8-33)32-25(12-20)35-16-23(36)18(35)2/h3-4,11-13,18-19,23,36H,5-10,14-16H2,1-2H3,(H,31,37). The number of anilines is 3. The second kappa shape index (κ2) is 10.6. The summed E-state index contributed by atoms with van der Waals surface area (Å²) in [5, 5.41) is 13.0. The van der Waals surface area contributed by atoms with Crippen molar-refractivity contribution in [2.45, 2.75) is 45.0 Å². The number of rotatable bonds is 5. The van der Waals surface area contributed by atoms with E-state index in [1.165, 1.54) is 4.90 Å². The summed E-state index contributed by atoms with van der Waals surface area (Å²) in [7, 11) is 0. The molecule has 1 aromatic carbocycles. The number of hydrogen-bond donors (Lipinski definition) is 2. The van der Waals surface area contributed by atoms with Crippen LogP contribution in [0.3, 0.4) is 0 Å². The minimum atomic E-state index is -4.22. The molecule has 3 atom stereocenters. The number of nitrogens with one attached hydrogen (secondary N) is 1. The van der Waals surface area contributed by atoms with Crippen LogP contribution in [0.25, 0.3) is 11.1 Å². The molecule has 2 amide bonds. The number of likely N-dealkylation sites (tertiary alicyclic amines) is 1. The number of ether oxygens (including phenoxy) is 1. The average Bonchev–Trinajstić information content (AvgIpc) is 3.35. The van der Waals surface area contributed by atoms with Crippen LogP contribution in [0.5, 0.6) is 0 Å². The molecule has 0 aliphatic carbocycles. The highest BCUT2D eigenvalue weighted by atomic mass is 19.4. The lowest BCUT2D eigenvalue weighted by Crippen LogP contribution is -2.59. The zero-order chi connectivity index (χ0) is 27.0. The number of morpholine rings is 1. The average molecular weight is 534 g/mol. The third kappa shape index (κ3) is 5.83. The Labute approximate surface area is 220 Å². The van der Waals surface area contributed by atoms with Crippen molar-refractivity contribution >= 4 is 23.4 Å². The largest absolute Gasteiger partial charge is 0.389 e. The van der Waals surface area contributed by atoms with Crippen molar-refractivity contribution in [1.82, 2.24) is 9.88 Å². The van der Waals surface area contributed by atoms with E-state index in [1.807, 2.05) is 38.1 Å². The zero-order valence-corrected chi connectivity index (χ0v) is 21.7. The molecule has 3 aliphatic heterocycles. The van der Waals surface area contributed by atoms with Gasteiger partial charge in [-0.05, 0) is 67.1 Å². The lowest BCUT2D eigenvalue weighted by Gasteiger charge is -2.44. The first-order valence-electron chi connectivity index (χ1n) is 13.1. The second-order valence-corrected chi connectivity index (χ2v) is 10.5. The molecule has 0 saturated carbocycles. The van der Waals surface area contributed by atoms with E-state index >= 15 is 0 Å². The highest BCUT2D eigenvalue weighted by Crippen LogP contribution is 2.35. The number of aryl methyl sites for hydroxylation is 1. The number of alkyl halides is 3. The molecule has 3 unspecified atom stereocenters. The summed E-state index contributed by atoms with van der Waals surface area (Å²) in [6, 6.07) is 9.23. The maximum Gasteiger partial charge on any atom is 0.389 e. The number of pyridine rings is 1. The number of aromatic nitrogens is 1. The highest BCUT2D eigenvalue weighted by Gasteiger charge is 2.37. The van der Waals surface area contributed by atoms with Gasteiger partial charge in [-0.2, -0.15) is 13.2 Å². The van der Waals surface area contributed by atoms with Crippen LogP contribution >= 0.6 is 0 Å². The van der Waals surface area contributed by atoms with Gasteiger partial charge >= 0.3 is 12.2 Å². The Bertz CT molecular complexity index is 1150. The van der Waals surface area contributed by atoms with Gasteiger partial charge in [0.05, 0.1) is 25.4 Å². The van der Waals surface area contributed by atoms with E-state index in [9.17, 15) is 23.1 Å². The van der Waals surface area contributed by atoms with Crippen molar-refractivity contribution in [1.29, 1.82) is 0 Å². The van der Waals surface area contributed by atoms with Gasteiger partial charge in [0.2, 0.25) is 0 Å². The predicted molar refractivity (Wildman–Crippen MR) is 140 cm³/mol. The van der Waals surface area contributed by atoms with Crippen LogP contribution in [-0.4, -0.2) is 85.3 Å². The van der Waals surface area contributed by atoms with E-state index < -0.39 is 30.7 Å². The molecule has 1 aromatic heterocycles. The van der Waals surface area contributed by atoms with Crippen LogP contribution < -0.4 is 15.1 Å². The van der Waals surface area contributed by atoms with E-state index in [1.54, 1.807) is 6.07 Å². The Morgan fingerprint density at radius 1 is 1.13 bits per heavy atom. The number of benzene rings is 1. The first-order valence-corrected chi connectivity index (χ1v) is 13.1. The number of aliphatic hydroxyl groups excluding tert-OH is 1. The molecule has 206 valence electrons. The van der Waals surface area contributed by atoms with Crippen molar-refractivity contribution in [2.24, 2.45) is 5.92 Å². The molecule has 11 heteroatoms. The molecule has 3 aliphatic rings. The molecule has 0 spiro atoms. The van der Waals surface area contributed by atoms with Crippen molar-refractivity contribution in [3.8, 4) is 11.1 Å². The van der Waals surface area contributed by atoms with E-state index in [-0.39, 0.29) is 12.6 Å². The minimum Gasteiger partial charge on any atom is -0.389 e. The van der Waals surface area contributed by atoms with Gasteiger partial charge in [-0.15, -0.1) is 0 Å². The summed E-state index contributed by atoms with van der Waals surface area (Å²) in [6.07, 6.45) is -5.14. The summed E-state index contributed by atoms with van der Waals surface area (Å²) < 4.78 is 43.8. The number of carbonyl (C=O) groups is 1. The van der Waals surface area contributed by atoms with E-state index in [2.05, 4.69) is 15.1 Å². The molecule has 3 fully saturated rings. The molecule has 2 N–H and O–H groups in total. The van der Waals surface area contributed by atoms with Gasteiger partial charge in [-0.1, -0.05) is 6.07 Å². The molecule has 4 heterocycles. The second-order valence-electron chi connectivity index (χ2n) is 10.5. The minimum absolute atomic E-state index is 0.0383. The number of halogens is 3. The fourth-order valence-electron chi connectivity index (χ4n) is 5.38. The normalized spacial score (nSPS) is 23.9. The van der Waals surface area contributed by atoms with Crippen LogP contribution in [0.1, 0.15) is 25.3 Å². The van der Waals surface area contributed by atoms with Gasteiger partial charge < -0.3 is 29.9 Å². The Morgan fingerprint density at radius 2 is 1.87 bits per heavy atom. The number of urea groups is 1. The number of nitrogens with zero attached hydrogens (tertiary/aromatic N) is 4. The number of carbonyl (C=O) groups excluding carboxylic acids is 1. The number of hydrogen-bond acceptors (Lipinski definition) is 6. The molecule has 0 bridgehead atoms. The fraction of sp³-hybridized carbons (Fsp3) is 0.556. The van der Waals surface area contributed by atoms with Crippen LogP contribution in [0.4, 0.5) is 35.3 Å². The molecular weight excluding hydrogens is 499 g/mol. The smallest absolute Gasteiger partial charge is 0.389 e.